The van der Waals surface area contributed by atoms with Crippen LogP contribution in [0, 0.1) is 5.92 Å². The van der Waals surface area contributed by atoms with Gasteiger partial charge in [0.25, 0.3) is 5.91 Å². The average Bonchev–Trinajstić information content (AvgIpc) is 2.78. The van der Waals surface area contributed by atoms with E-state index in [0.29, 0.717) is 4.88 Å². The molecule has 4 nitrogen and oxygen atoms in total. The predicted octanol–water partition coefficient (Wildman–Crippen LogP) is 3.10. The van der Waals surface area contributed by atoms with Crippen molar-refractivity contribution in [1.29, 1.82) is 0 Å². The number of carbonyl (C=O) groups excluding carboxylic acids is 1. The maximum Gasteiger partial charge on any atom is 0.326 e. The van der Waals surface area contributed by atoms with Crippen LogP contribution in [0.15, 0.2) is 6.07 Å². The number of thiophene rings is 1. The zero-order valence-electron chi connectivity index (χ0n) is 12.5. The van der Waals surface area contributed by atoms with Crippen molar-refractivity contribution in [2.45, 2.75) is 53.0 Å². The number of carboxylic acids is 1. The molecule has 1 aromatic rings. The Morgan fingerprint density at radius 3 is 2.45 bits per heavy atom. The van der Waals surface area contributed by atoms with Gasteiger partial charge in [-0.3, -0.25) is 4.79 Å². The second-order valence-corrected chi connectivity index (χ2v) is 6.33. The SMILES string of the molecule is CCCc1sc(C(=O)N[C@H](C(=O)O)C(C)C)cc1CC. The zero-order chi connectivity index (χ0) is 15.3. The zero-order valence-corrected chi connectivity index (χ0v) is 13.3. The summed E-state index contributed by atoms with van der Waals surface area (Å²) < 4.78 is 0. The van der Waals surface area contributed by atoms with E-state index in [4.69, 9.17) is 5.11 Å². The van der Waals surface area contributed by atoms with Gasteiger partial charge in [0, 0.05) is 4.88 Å². The molecule has 0 aliphatic rings. The van der Waals surface area contributed by atoms with Crippen LogP contribution in [0.25, 0.3) is 0 Å². The summed E-state index contributed by atoms with van der Waals surface area (Å²) in [6, 6.07) is 1.05. The summed E-state index contributed by atoms with van der Waals surface area (Å²) in [6.07, 6.45) is 2.90. The van der Waals surface area contributed by atoms with Crippen LogP contribution in [-0.4, -0.2) is 23.0 Å². The van der Waals surface area contributed by atoms with Gasteiger partial charge in [0.2, 0.25) is 0 Å². The molecule has 1 heterocycles. The van der Waals surface area contributed by atoms with E-state index in [0.717, 1.165) is 19.3 Å². The molecule has 112 valence electrons. The Bertz CT molecular complexity index is 479. The molecule has 20 heavy (non-hydrogen) atoms. The Morgan fingerprint density at radius 2 is 2.00 bits per heavy atom. The van der Waals surface area contributed by atoms with E-state index in [1.165, 1.54) is 21.8 Å². The van der Waals surface area contributed by atoms with Gasteiger partial charge in [-0.2, -0.15) is 0 Å². The Morgan fingerprint density at radius 1 is 1.35 bits per heavy atom. The van der Waals surface area contributed by atoms with Gasteiger partial charge >= 0.3 is 5.97 Å². The number of nitrogens with one attached hydrogen (secondary N) is 1. The number of amides is 1. The molecule has 0 bridgehead atoms. The summed E-state index contributed by atoms with van der Waals surface area (Å²) in [5.74, 6) is -1.42. The number of hydrogen-bond donors (Lipinski definition) is 2. The van der Waals surface area contributed by atoms with Crippen molar-refractivity contribution in [2.75, 3.05) is 0 Å². The lowest BCUT2D eigenvalue weighted by molar-refractivity contribution is -0.140. The minimum absolute atomic E-state index is 0.142. The highest BCUT2D eigenvalue weighted by molar-refractivity contribution is 7.14. The van der Waals surface area contributed by atoms with Gasteiger partial charge in [-0.15, -0.1) is 11.3 Å². The minimum Gasteiger partial charge on any atom is -0.480 e. The first kappa shape index (κ1) is 16.7. The molecule has 1 amide bonds. The number of aryl methyl sites for hydroxylation is 2. The van der Waals surface area contributed by atoms with E-state index in [9.17, 15) is 9.59 Å². The molecule has 0 unspecified atom stereocenters. The van der Waals surface area contributed by atoms with Crippen molar-refractivity contribution in [3.05, 3.63) is 21.4 Å². The van der Waals surface area contributed by atoms with E-state index in [1.54, 1.807) is 13.8 Å². The largest absolute Gasteiger partial charge is 0.480 e. The standard InChI is InChI=1S/C15H23NO3S/c1-5-7-11-10(6-2)8-12(20-11)14(17)16-13(9(3)4)15(18)19/h8-9,13H,5-7H2,1-4H3,(H,16,17)(H,18,19)/t13-/m0/s1. The Kier molecular flexibility index (Phi) is 6.20. The molecule has 0 radical (unpaired) electrons. The molecule has 0 aliphatic heterocycles. The molecule has 0 fully saturated rings. The Labute approximate surface area is 124 Å². The van der Waals surface area contributed by atoms with E-state index in [2.05, 4.69) is 19.2 Å². The third-order valence-corrected chi connectivity index (χ3v) is 4.43. The van der Waals surface area contributed by atoms with Crippen LogP contribution in [0.5, 0.6) is 0 Å². The van der Waals surface area contributed by atoms with Crippen LogP contribution in [0.3, 0.4) is 0 Å². The Hall–Kier alpha value is -1.36. The summed E-state index contributed by atoms with van der Waals surface area (Å²) >= 11 is 1.48. The first-order valence-electron chi connectivity index (χ1n) is 7.05. The lowest BCUT2D eigenvalue weighted by atomic mass is 10.0. The second kappa shape index (κ2) is 7.43. The molecule has 1 rings (SSSR count). The van der Waals surface area contributed by atoms with Gasteiger partial charge in [-0.25, -0.2) is 4.79 Å². The van der Waals surface area contributed by atoms with Crippen LogP contribution < -0.4 is 5.32 Å². The number of carboxylic acid groups (broad SMARTS) is 1. The molecule has 0 spiro atoms. The lowest BCUT2D eigenvalue weighted by Gasteiger charge is -2.17. The maximum absolute atomic E-state index is 12.2. The molecule has 0 aliphatic carbocycles. The van der Waals surface area contributed by atoms with Crippen molar-refractivity contribution >= 4 is 23.2 Å². The number of carbonyl (C=O) groups is 2. The molecular weight excluding hydrogens is 274 g/mol. The maximum atomic E-state index is 12.2. The van der Waals surface area contributed by atoms with Crippen molar-refractivity contribution in [1.82, 2.24) is 5.32 Å². The smallest absolute Gasteiger partial charge is 0.326 e. The van der Waals surface area contributed by atoms with E-state index < -0.39 is 12.0 Å². The molecule has 2 N–H and O–H groups in total. The molecule has 1 atom stereocenters. The van der Waals surface area contributed by atoms with Crippen molar-refractivity contribution in [3.63, 3.8) is 0 Å². The molecule has 0 saturated heterocycles. The van der Waals surface area contributed by atoms with Gasteiger partial charge < -0.3 is 10.4 Å². The van der Waals surface area contributed by atoms with Crippen LogP contribution >= 0.6 is 11.3 Å². The van der Waals surface area contributed by atoms with Crippen LogP contribution in [0.1, 0.15) is 54.2 Å². The van der Waals surface area contributed by atoms with Gasteiger partial charge in [0.05, 0.1) is 4.88 Å². The monoisotopic (exact) mass is 297 g/mol. The second-order valence-electron chi connectivity index (χ2n) is 5.20. The van der Waals surface area contributed by atoms with E-state index >= 15 is 0 Å². The fraction of sp³-hybridized carbons (Fsp3) is 0.600. The summed E-state index contributed by atoms with van der Waals surface area (Å²) in [7, 11) is 0. The normalized spacial score (nSPS) is 12.4. The first-order valence-corrected chi connectivity index (χ1v) is 7.87. The molecule has 0 aromatic carbocycles. The van der Waals surface area contributed by atoms with Crippen LogP contribution in [-0.2, 0) is 17.6 Å². The van der Waals surface area contributed by atoms with Crippen LogP contribution in [0.4, 0.5) is 0 Å². The van der Waals surface area contributed by atoms with Crippen molar-refractivity contribution < 1.29 is 14.7 Å². The number of hydrogen-bond acceptors (Lipinski definition) is 3. The van der Waals surface area contributed by atoms with Gasteiger partial charge in [-0.05, 0) is 30.4 Å². The third-order valence-electron chi connectivity index (χ3n) is 3.20. The summed E-state index contributed by atoms with van der Waals surface area (Å²) in [5, 5.41) is 11.7. The van der Waals surface area contributed by atoms with E-state index in [-0.39, 0.29) is 11.8 Å². The highest BCUT2D eigenvalue weighted by atomic mass is 32.1. The lowest BCUT2D eigenvalue weighted by Crippen LogP contribution is -2.44. The molecule has 1 aromatic heterocycles. The van der Waals surface area contributed by atoms with Gasteiger partial charge in [0.1, 0.15) is 6.04 Å². The summed E-state index contributed by atoms with van der Waals surface area (Å²) in [4.78, 5) is 25.2. The minimum atomic E-state index is -0.991. The topological polar surface area (TPSA) is 66.4 Å². The average molecular weight is 297 g/mol. The Balaban J connectivity index is 2.89. The highest BCUT2D eigenvalue weighted by Gasteiger charge is 2.25. The van der Waals surface area contributed by atoms with Gasteiger partial charge in [-0.1, -0.05) is 34.1 Å². The predicted molar refractivity (Wildman–Crippen MR) is 81.4 cm³/mol. The highest BCUT2D eigenvalue weighted by Crippen LogP contribution is 2.24. The fourth-order valence-corrected chi connectivity index (χ4v) is 3.30. The summed E-state index contributed by atoms with van der Waals surface area (Å²) in [6.45, 7) is 7.75. The van der Waals surface area contributed by atoms with Crippen molar-refractivity contribution in [2.24, 2.45) is 5.92 Å². The molecule has 5 heteroatoms. The van der Waals surface area contributed by atoms with Crippen molar-refractivity contribution in [3.8, 4) is 0 Å². The number of aliphatic carboxylic acids is 1. The first-order chi connectivity index (χ1) is 9.40. The fourth-order valence-electron chi connectivity index (χ4n) is 2.04. The quantitative estimate of drug-likeness (QED) is 0.812. The van der Waals surface area contributed by atoms with Crippen LogP contribution in [0.2, 0.25) is 0 Å². The molecule has 0 saturated carbocycles. The van der Waals surface area contributed by atoms with Gasteiger partial charge in [0.15, 0.2) is 0 Å². The van der Waals surface area contributed by atoms with E-state index in [1.807, 2.05) is 6.07 Å². The summed E-state index contributed by atoms with van der Waals surface area (Å²) in [5.41, 5.74) is 1.19. The molecular formula is C15H23NO3S. The number of rotatable bonds is 7. The third kappa shape index (κ3) is 4.07.